The van der Waals surface area contributed by atoms with Crippen LogP contribution in [0.2, 0.25) is 5.02 Å². The number of nitrogens with one attached hydrogen (secondary N) is 1. The number of aryl methyl sites for hydroxylation is 1. The zero-order valence-electron chi connectivity index (χ0n) is 12.6. The number of rotatable bonds is 7. The maximum absolute atomic E-state index is 11.9. The summed E-state index contributed by atoms with van der Waals surface area (Å²) in [6, 6.07) is 5.36. The summed E-state index contributed by atoms with van der Waals surface area (Å²) < 4.78 is 0. The van der Waals surface area contributed by atoms with Crippen LogP contribution in [-0.2, 0) is 9.59 Å². The van der Waals surface area contributed by atoms with Gasteiger partial charge in [-0.05, 0) is 38.5 Å². The van der Waals surface area contributed by atoms with E-state index in [9.17, 15) is 9.59 Å². The van der Waals surface area contributed by atoms with E-state index in [-0.39, 0.29) is 17.6 Å². The van der Waals surface area contributed by atoms with Crippen molar-refractivity contribution >= 4 is 40.9 Å². The van der Waals surface area contributed by atoms with Gasteiger partial charge in [-0.25, -0.2) is 0 Å². The molecule has 0 saturated heterocycles. The first-order valence-corrected chi connectivity index (χ1v) is 8.42. The van der Waals surface area contributed by atoms with Gasteiger partial charge < -0.3 is 10.2 Å². The van der Waals surface area contributed by atoms with Crippen molar-refractivity contribution in [3.05, 3.63) is 28.8 Å². The van der Waals surface area contributed by atoms with Crippen LogP contribution in [0.3, 0.4) is 0 Å². The number of amides is 2. The van der Waals surface area contributed by atoms with Crippen LogP contribution in [0.1, 0.15) is 19.4 Å². The summed E-state index contributed by atoms with van der Waals surface area (Å²) in [6.07, 6.45) is 0. The van der Waals surface area contributed by atoms with Gasteiger partial charge in [-0.3, -0.25) is 9.59 Å². The van der Waals surface area contributed by atoms with E-state index >= 15 is 0 Å². The van der Waals surface area contributed by atoms with Gasteiger partial charge in [0.25, 0.3) is 0 Å². The topological polar surface area (TPSA) is 49.4 Å². The third kappa shape index (κ3) is 5.98. The Morgan fingerprint density at radius 3 is 2.52 bits per heavy atom. The fourth-order valence-corrected chi connectivity index (χ4v) is 2.70. The molecule has 0 saturated carbocycles. The van der Waals surface area contributed by atoms with Crippen LogP contribution in [0.25, 0.3) is 0 Å². The first kappa shape index (κ1) is 17.9. The van der Waals surface area contributed by atoms with Gasteiger partial charge in [0.05, 0.1) is 11.5 Å². The van der Waals surface area contributed by atoms with Gasteiger partial charge in [0.2, 0.25) is 11.8 Å². The number of anilines is 1. The lowest BCUT2D eigenvalue weighted by Crippen LogP contribution is -2.32. The number of carbonyl (C=O) groups is 2. The Kier molecular flexibility index (Phi) is 7.61. The SMILES string of the molecule is CCN(CC)C(=O)CSCC(=O)Nc1cc(Cl)ccc1C. The van der Waals surface area contributed by atoms with Crippen molar-refractivity contribution in [1.82, 2.24) is 4.90 Å². The van der Waals surface area contributed by atoms with Crippen LogP contribution >= 0.6 is 23.4 Å². The third-order valence-corrected chi connectivity index (χ3v) is 4.20. The smallest absolute Gasteiger partial charge is 0.234 e. The fraction of sp³-hybridized carbons (Fsp3) is 0.467. The molecule has 0 atom stereocenters. The van der Waals surface area contributed by atoms with Gasteiger partial charge in [-0.15, -0.1) is 11.8 Å². The van der Waals surface area contributed by atoms with Gasteiger partial charge in [-0.1, -0.05) is 17.7 Å². The van der Waals surface area contributed by atoms with Crippen molar-refractivity contribution in [3.8, 4) is 0 Å². The second-order valence-corrected chi connectivity index (χ2v) is 5.99. The Hall–Kier alpha value is -1.20. The zero-order valence-corrected chi connectivity index (χ0v) is 14.2. The summed E-state index contributed by atoms with van der Waals surface area (Å²) in [5.74, 6) is 0.511. The minimum atomic E-state index is -0.127. The fourth-order valence-electron chi connectivity index (χ4n) is 1.81. The molecule has 0 radical (unpaired) electrons. The van der Waals surface area contributed by atoms with E-state index in [1.807, 2.05) is 26.8 Å². The van der Waals surface area contributed by atoms with Crippen molar-refractivity contribution in [2.75, 3.05) is 29.9 Å². The van der Waals surface area contributed by atoms with Crippen LogP contribution < -0.4 is 5.32 Å². The molecule has 0 fully saturated rings. The van der Waals surface area contributed by atoms with Crippen molar-refractivity contribution in [3.63, 3.8) is 0 Å². The lowest BCUT2D eigenvalue weighted by molar-refractivity contribution is -0.127. The molecular weight excluding hydrogens is 308 g/mol. The van der Waals surface area contributed by atoms with E-state index in [4.69, 9.17) is 11.6 Å². The number of benzene rings is 1. The van der Waals surface area contributed by atoms with Gasteiger partial charge in [-0.2, -0.15) is 0 Å². The normalized spacial score (nSPS) is 10.3. The highest BCUT2D eigenvalue weighted by molar-refractivity contribution is 8.00. The second-order valence-electron chi connectivity index (χ2n) is 4.57. The molecule has 1 aromatic carbocycles. The molecule has 0 aliphatic rings. The Labute approximate surface area is 135 Å². The van der Waals surface area contributed by atoms with Gasteiger partial charge in [0.15, 0.2) is 0 Å². The summed E-state index contributed by atoms with van der Waals surface area (Å²) in [6.45, 7) is 7.19. The zero-order chi connectivity index (χ0) is 15.8. The van der Waals surface area contributed by atoms with Gasteiger partial charge in [0, 0.05) is 23.8 Å². The first-order chi connectivity index (χ1) is 9.97. The maximum Gasteiger partial charge on any atom is 0.234 e. The van der Waals surface area contributed by atoms with Crippen LogP contribution in [-0.4, -0.2) is 41.3 Å². The largest absolute Gasteiger partial charge is 0.343 e. The standard InChI is InChI=1S/C15H21ClN2O2S/c1-4-18(5-2)15(20)10-21-9-14(19)17-13-8-12(16)7-6-11(13)3/h6-8H,4-5,9-10H2,1-3H3,(H,17,19). The van der Waals surface area contributed by atoms with E-state index < -0.39 is 0 Å². The molecule has 116 valence electrons. The van der Waals surface area contributed by atoms with Gasteiger partial charge in [0.1, 0.15) is 0 Å². The van der Waals surface area contributed by atoms with Crippen molar-refractivity contribution in [1.29, 1.82) is 0 Å². The molecule has 0 aliphatic heterocycles. The number of thioether (sulfide) groups is 1. The highest BCUT2D eigenvalue weighted by Gasteiger charge is 2.11. The highest BCUT2D eigenvalue weighted by atomic mass is 35.5. The minimum Gasteiger partial charge on any atom is -0.343 e. The average Bonchev–Trinajstić information content (AvgIpc) is 2.44. The van der Waals surface area contributed by atoms with E-state index in [1.165, 1.54) is 11.8 Å². The number of nitrogens with zero attached hydrogens (tertiary/aromatic N) is 1. The molecule has 6 heteroatoms. The van der Waals surface area contributed by atoms with Crippen molar-refractivity contribution in [2.24, 2.45) is 0 Å². The van der Waals surface area contributed by atoms with Crippen molar-refractivity contribution < 1.29 is 9.59 Å². The Bertz CT molecular complexity index is 504. The predicted molar refractivity (Wildman–Crippen MR) is 90.1 cm³/mol. The Morgan fingerprint density at radius 2 is 1.90 bits per heavy atom. The number of carbonyl (C=O) groups excluding carboxylic acids is 2. The van der Waals surface area contributed by atoms with Crippen LogP contribution in [0.4, 0.5) is 5.69 Å². The predicted octanol–water partition coefficient (Wildman–Crippen LogP) is 3.19. The molecule has 0 aromatic heterocycles. The summed E-state index contributed by atoms with van der Waals surface area (Å²) in [4.78, 5) is 25.4. The first-order valence-electron chi connectivity index (χ1n) is 6.89. The molecule has 0 spiro atoms. The molecule has 0 aliphatic carbocycles. The van der Waals surface area contributed by atoms with Crippen LogP contribution in [0.5, 0.6) is 0 Å². The summed E-state index contributed by atoms with van der Waals surface area (Å²) in [7, 11) is 0. The minimum absolute atomic E-state index is 0.0664. The molecule has 1 aromatic rings. The van der Waals surface area contributed by atoms with Crippen LogP contribution in [0, 0.1) is 6.92 Å². The number of hydrogen-bond donors (Lipinski definition) is 1. The molecule has 0 unspecified atom stereocenters. The highest BCUT2D eigenvalue weighted by Crippen LogP contribution is 2.20. The second kappa shape index (κ2) is 8.95. The quantitative estimate of drug-likeness (QED) is 0.836. The van der Waals surface area contributed by atoms with E-state index in [0.29, 0.717) is 29.6 Å². The van der Waals surface area contributed by atoms with Gasteiger partial charge >= 0.3 is 0 Å². The molecule has 4 nitrogen and oxygen atoms in total. The third-order valence-electron chi connectivity index (χ3n) is 3.05. The number of halogens is 1. The monoisotopic (exact) mass is 328 g/mol. The summed E-state index contributed by atoms with van der Waals surface area (Å²) in [5.41, 5.74) is 1.67. The van der Waals surface area contributed by atoms with Crippen molar-refractivity contribution in [2.45, 2.75) is 20.8 Å². The molecule has 0 bridgehead atoms. The average molecular weight is 329 g/mol. The van der Waals surface area contributed by atoms with E-state index in [0.717, 1.165) is 5.56 Å². The molecule has 2 amide bonds. The van der Waals surface area contributed by atoms with Crippen LogP contribution in [0.15, 0.2) is 18.2 Å². The lowest BCUT2D eigenvalue weighted by Gasteiger charge is -2.18. The molecule has 1 rings (SSSR count). The number of hydrogen-bond acceptors (Lipinski definition) is 3. The lowest BCUT2D eigenvalue weighted by atomic mass is 10.2. The maximum atomic E-state index is 11.9. The van der Waals surface area contributed by atoms with E-state index in [1.54, 1.807) is 17.0 Å². The summed E-state index contributed by atoms with van der Waals surface area (Å²) >= 11 is 7.23. The Morgan fingerprint density at radius 1 is 1.24 bits per heavy atom. The van der Waals surface area contributed by atoms with E-state index in [2.05, 4.69) is 5.32 Å². The molecule has 0 heterocycles. The summed E-state index contributed by atoms with van der Waals surface area (Å²) in [5, 5.41) is 3.40. The molecule has 1 N–H and O–H groups in total. The molecule has 21 heavy (non-hydrogen) atoms. The Balaban J connectivity index is 2.41. The molecular formula is C15H21ClN2O2S.